The van der Waals surface area contributed by atoms with Crippen LogP contribution >= 0.6 is 0 Å². The number of aromatic nitrogens is 2. The Kier molecular flexibility index (Phi) is 5.70. The van der Waals surface area contributed by atoms with Gasteiger partial charge in [0.25, 0.3) is 5.91 Å². The van der Waals surface area contributed by atoms with Crippen LogP contribution in [0.4, 0.5) is 5.69 Å². The predicted molar refractivity (Wildman–Crippen MR) is 115 cm³/mol. The highest BCUT2D eigenvalue weighted by molar-refractivity contribution is 5.97. The molecular formula is C23H26N4O3. The molecule has 2 aromatic carbocycles. The number of hydrogen-bond donors (Lipinski definition) is 1. The second-order valence-electron chi connectivity index (χ2n) is 7.67. The number of hydrogen-bond acceptors (Lipinski definition) is 6. The molecule has 7 heteroatoms. The average molecular weight is 406 g/mol. The van der Waals surface area contributed by atoms with Crippen molar-refractivity contribution in [3.8, 4) is 17.1 Å². The van der Waals surface area contributed by atoms with Crippen molar-refractivity contribution in [3.63, 3.8) is 0 Å². The summed E-state index contributed by atoms with van der Waals surface area (Å²) in [7, 11) is 1.62. The molecule has 1 aliphatic heterocycles. The van der Waals surface area contributed by atoms with E-state index < -0.39 is 0 Å². The van der Waals surface area contributed by atoms with E-state index in [2.05, 4.69) is 26.4 Å². The fraction of sp³-hybridized carbons (Fsp3) is 0.348. The van der Waals surface area contributed by atoms with Gasteiger partial charge in [0.05, 0.1) is 19.2 Å². The molecule has 0 aliphatic carbocycles. The van der Waals surface area contributed by atoms with Crippen LogP contribution in [0.2, 0.25) is 0 Å². The Labute approximate surface area is 176 Å². The van der Waals surface area contributed by atoms with Gasteiger partial charge in [0, 0.05) is 23.8 Å². The second-order valence-corrected chi connectivity index (χ2v) is 7.67. The summed E-state index contributed by atoms with van der Waals surface area (Å²) in [6.45, 7) is 5.29. The van der Waals surface area contributed by atoms with Crippen molar-refractivity contribution in [1.82, 2.24) is 15.5 Å². The lowest BCUT2D eigenvalue weighted by molar-refractivity contribution is 0.0942. The predicted octanol–water partition coefficient (Wildman–Crippen LogP) is 3.84. The maximum absolute atomic E-state index is 12.6. The van der Waals surface area contributed by atoms with Crippen LogP contribution in [0.15, 0.2) is 47.0 Å². The van der Waals surface area contributed by atoms with Crippen molar-refractivity contribution in [2.75, 3.05) is 18.6 Å². The molecule has 1 amide bonds. The first-order valence-corrected chi connectivity index (χ1v) is 10.2. The van der Waals surface area contributed by atoms with Crippen LogP contribution in [-0.4, -0.2) is 35.7 Å². The van der Waals surface area contributed by atoms with Gasteiger partial charge < -0.3 is 19.5 Å². The summed E-state index contributed by atoms with van der Waals surface area (Å²) >= 11 is 0. The highest BCUT2D eigenvalue weighted by atomic mass is 16.5. The van der Waals surface area contributed by atoms with Gasteiger partial charge in [0.2, 0.25) is 11.7 Å². The molecule has 156 valence electrons. The van der Waals surface area contributed by atoms with Gasteiger partial charge in [-0.3, -0.25) is 4.79 Å². The third-order valence-corrected chi connectivity index (χ3v) is 5.15. The molecule has 2 heterocycles. The van der Waals surface area contributed by atoms with Crippen LogP contribution in [0.1, 0.15) is 42.1 Å². The molecule has 1 N–H and O–H groups in total. The zero-order valence-corrected chi connectivity index (χ0v) is 17.5. The zero-order valence-electron chi connectivity index (χ0n) is 17.5. The molecule has 0 saturated heterocycles. The maximum atomic E-state index is 12.6. The molecule has 0 fully saturated rings. The summed E-state index contributed by atoms with van der Waals surface area (Å²) in [4.78, 5) is 19.4. The van der Waals surface area contributed by atoms with E-state index in [9.17, 15) is 4.79 Å². The van der Waals surface area contributed by atoms with Crippen LogP contribution in [0.3, 0.4) is 0 Å². The lowest BCUT2D eigenvalue weighted by Gasteiger charge is -2.31. The van der Waals surface area contributed by atoms with Gasteiger partial charge >= 0.3 is 0 Å². The number of anilines is 1. The smallest absolute Gasteiger partial charge is 0.251 e. The fourth-order valence-electron chi connectivity index (χ4n) is 3.84. The molecule has 0 radical (unpaired) electrons. The van der Waals surface area contributed by atoms with E-state index in [1.807, 2.05) is 50.2 Å². The lowest BCUT2D eigenvalue weighted by Crippen LogP contribution is -2.34. The quantitative estimate of drug-likeness (QED) is 0.670. The molecule has 0 atom stereocenters. The molecular weight excluding hydrogens is 380 g/mol. The summed E-state index contributed by atoms with van der Waals surface area (Å²) in [5.41, 5.74) is 3.66. The minimum atomic E-state index is -0.0278. The number of amides is 1. The van der Waals surface area contributed by atoms with E-state index in [-0.39, 0.29) is 11.9 Å². The summed E-state index contributed by atoms with van der Waals surface area (Å²) in [5, 5.41) is 7.13. The van der Waals surface area contributed by atoms with Crippen LogP contribution < -0.4 is 15.0 Å². The molecule has 1 aliphatic rings. The van der Waals surface area contributed by atoms with Crippen LogP contribution in [0.25, 0.3) is 11.4 Å². The molecule has 7 nitrogen and oxygen atoms in total. The average Bonchev–Trinajstić information content (AvgIpc) is 3.21. The molecule has 30 heavy (non-hydrogen) atoms. The van der Waals surface area contributed by atoms with Crippen LogP contribution in [0, 0.1) is 0 Å². The molecule has 4 rings (SSSR count). The van der Waals surface area contributed by atoms with E-state index in [1.54, 1.807) is 7.11 Å². The zero-order chi connectivity index (χ0) is 21.1. The van der Waals surface area contributed by atoms with Crippen molar-refractivity contribution < 1.29 is 14.1 Å². The molecule has 3 aromatic rings. The van der Waals surface area contributed by atoms with Gasteiger partial charge in [0.15, 0.2) is 0 Å². The van der Waals surface area contributed by atoms with Gasteiger partial charge in [-0.15, -0.1) is 0 Å². The standard InChI is InChI=1S/C23H26N4O3/c1-15(2)24-23(28)17-9-6-11-19-16(17)10-7-13-27(19)14-21-25-22(26-30-21)18-8-4-5-12-20(18)29-3/h4-6,8-9,11-12,15H,7,10,13-14H2,1-3H3,(H,24,28). The van der Waals surface area contributed by atoms with Gasteiger partial charge in [-0.25, -0.2) is 0 Å². The fourth-order valence-corrected chi connectivity index (χ4v) is 3.84. The monoisotopic (exact) mass is 406 g/mol. The number of ether oxygens (including phenoxy) is 1. The van der Waals surface area contributed by atoms with Crippen molar-refractivity contribution >= 4 is 11.6 Å². The maximum Gasteiger partial charge on any atom is 0.251 e. The van der Waals surface area contributed by atoms with E-state index in [0.29, 0.717) is 24.0 Å². The number of benzene rings is 2. The van der Waals surface area contributed by atoms with Crippen LogP contribution in [-0.2, 0) is 13.0 Å². The van der Waals surface area contributed by atoms with Gasteiger partial charge in [-0.2, -0.15) is 4.98 Å². The summed E-state index contributed by atoms with van der Waals surface area (Å²) in [6, 6.07) is 13.6. The molecule has 1 aromatic heterocycles. The summed E-state index contributed by atoms with van der Waals surface area (Å²) in [6.07, 6.45) is 1.84. The number of carbonyl (C=O) groups is 1. The Morgan fingerprint density at radius 2 is 2.07 bits per heavy atom. The number of nitrogens with zero attached hydrogens (tertiary/aromatic N) is 3. The number of para-hydroxylation sites is 1. The lowest BCUT2D eigenvalue weighted by atomic mass is 9.95. The summed E-state index contributed by atoms with van der Waals surface area (Å²) in [5.74, 6) is 1.71. The molecule has 0 saturated carbocycles. The van der Waals surface area contributed by atoms with Gasteiger partial charge in [-0.05, 0) is 56.5 Å². The Balaban J connectivity index is 1.58. The number of fused-ring (bicyclic) bond motifs is 1. The second kappa shape index (κ2) is 8.57. The van der Waals surface area contributed by atoms with Crippen molar-refractivity contribution in [3.05, 3.63) is 59.5 Å². The van der Waals surface area contributed by atoms with E-state index >= 15 is 0 Å². The van der Waals surface area contributed by atoms with E-state index in [4.69, 9.17) is 9.26 Å². The minimum absolute atomic E-state index is 0.0278. The third kappa shape index (κ3) is 4.01. The minimum Gasteiger partial charge on any atom is -0.496 e. The van der Waals surface area contributed by atoms with Gasteiger partial charge in [0.1, 0.15) is 5.75 Å². The Hall–Kier alpha value is -3.35. The van der Waals surface area contributed by atoms with Gasteiger partial charge in [-0.1, -0.05) is 23.4 Å². The van der Waals surface area contributed by atoms with Crippen molar-refractivity contribution in [2.24, 2.45) is 0 Å². The Morgan fingerprint density at radius 3 is 2.87 bits per heavy atom. The molecule has 0 bridgehead atoms. The van der Waals surface area contributed by atoms with Crippen molar-refractivity contribution in [2.45, 2.75) is 39.3 Å². The van der Waals surface area contributed by atoms with Crippen LogP contribution in [0.5, 0.6) is 5.75 Å². The number of rotatable bonds is 6. The first-order chi connectivity index (χ1) is 14.6. The Bertz CT molecular complexity index is 1040. The number of carbonyl (C=O) groups excluding carboxylic acids is 1. The first-order valence-electron chi connectivity index (χ1n) is 10.2. The molecule has 0 unspecified atom stereocenters. The van der Waals surface area contributed by atoms with Crippen molar-refractivity contribution in [1.29, 1.82) is 0 Å². The molecule has 0 spiro atoms. The Morgan fingerprint density at radius 1 is 1.23 bits per heavy atom. The highest BCUT2D eigenvalue weighted by Crippen LogP contribution is 2.32. The van der Waals surface area contributed by atoms with E-state index in [1.165, 1.54) is 0 Å². The van der Waals surface area contributed by atoms with E-state index in [0.717, 1.165) is 41.8 Å². The largest absolute Gasteiger partial charge is 0.496 e. The SMILES string of the molecule is COc1ccccc1-c1noc(CN2CCCc3c(C(=O)NC(C)C)cccc32)n1. The normalized spacial score (nSPS) is 13.3. The third-order valence-electron chi connectivity index (χ3n) is 5.15. The topological polar surface area (TPSA) is 80.5 Å². The number of methoxy groups -OCH3 is 1. The highest BCUT2D eigenvalue weighted by Gasteiger charge is 2.24. The summed E-state index contributed by atoms with van der Waals surface area (Å²) < 4.78 is 10.9. The number of nitrogens with one attached hydrogen (secondary N) is 1. The first kappa shape index (κ1) is 19.9.